The molecule has 3 aliphatic rings. The second kappa shape index (κ2) is 9.12. The van der Waals surface area contributed by atoms with E-state index in [9.17, 15) is 9.59 Å². The molecule has 10 nitrogen and oxygen atoms in total. The zero-order valence-electron chi connectivity index (χ0n) is 19.3. The van der Waals surface area contributed by atoms with Gasteiger partial charge in [-0.05, 0) is 36.6 Å². The first-order valence-electron chi connectivity index (χ1n) is 12.0. The summed E-state index contributed by atoms with van der Waals surface area (Å²) in [5.74, 6) is 0.857. The molecule has 6 rings (SSSR count). The van der Waals surface area contributed by atoms with Crippen LogP contribution in [0.5, 0.6) is 0 Å². The fourth-order valence-electron chi connectivity index (χ4n) is 4.41. The number of hydrogen-bond acceptors (Lipinski definition) is 8. The number of carbonyl (C=O) groups excluding carboxylic acids is 2. The molecule has 3 fully saturated rings. The fraction of sp³-hybridized carbons (Fsp3) is 0.360. The summed E-state index contributed by atoms with van der Waals surface area (Å²) in [5.41, 5.74) is 3.89. The largest absolute Gasteiger partial charge is 0.379 e. The molecular formula is C25H27N7O3. The molecular weight excluding hydrogens is 446 g/mol. The highest BCUT2D eigenvalue weighted by Crippen LogP contribution is 2.29. The smallest absolute Gasteiger partial charge is 0.254 e. The molecule has 0 spiro atoms. The molecule has 1 aromatic carbocycles. The molecule has 1 saturated carbocycles. The molecule has 10 heteroatoms. The number of amides is 2. The van der Waals surface area contributed by atoms with Crippen molar-refractivity contribution in [3.05, 3.63) is 53.2 Å². The van der Waals surface area contributed by atoms with E-state index < -0.39 is 0 Å². The number of benzene rings is 1. The van der Waals surface area contributed by atoms with Crippen LogP contribution in [0, 0.1) is 0 Å². The van der Waals surface area contributed by atoms with Crippen molar-refractivity contribution >= 4 is 40.9 Å². The molecule has 0 atom stereocenters. The van der Waals surface area contributed by atoms with Gasteiger partial charge in [0.25, 0.3) is 5.91 Å². The van der Waals surface area contributed by atoms with Crippen molar-refractivity contribution in [3.8, 4) is 0 Å². The maximum atomic E-state index is 12.1. The highest BCUT2D eigenvalue weighted by Gasteiger charge is 2.26. The predicted octanol–water partition coefficient (Wildman–Crippen LogP) is 2.31. The van der Waals surface area contributed by atoms with Gasteiger partial charge in [0.2, 0.25) is 5.91 Å². The molecule has 2 aromatic heterocycles. The third kappa shape index (κ3) is 4.89. The van der Waals surface area contributed by atoms with Gasteiger partial charge in [0.1, 0.15) is 11.6 Å². The van der Waals surface area contributed by atoms with Crippen LogP contribution in [0.4, 0.5) is 17.3 Å². The van der Waals surface area contributed by atoms with Crippen molar-refractivity contribution in [3.63, 3.8) is 0 Å². The van der Waals surface area contributed by atoms with Crippen molar-refractivity contribution in [1.82, 2.24) is 24.8 Å². The molecule has 3 N–H and O–H groups in total. The van der Waals surface area contributed by atoms with Gasteiger partial charge in [-0.1, -0.05) is 12.1 Å². The van der Waals surface area contributed by atoms with Crippen molar-refractivity contribution in [2.45, 2.75) is 31.8 Å². The van der Waals surface area contributed by atoms with Crippen LogP contribution >= 0.6 is 0 Å². The Morgan fingerprint density at radius 3 is 2.80 bits per heavy atom. The minimum atomic E-state index is -0.364. The number of nitrogens with one attached hydrogen (secondary N) is 3. The summed E-state index contributed by atoms with van der Waals surface area (Å²) in [7, 11) is 0. The molecule has 2 saturated heterocycles. The predicted molar refractivity (Wildman–Crippen MR) is 131 cm³/mol. The van der Waals surface area contributed by atoms with Gasteiger partial charge in [0.15, 0.2) is 5.65 Å². The van der Waals surface area contributed by atoms with E-state index in [0.29, 0.717) is 28.6 Å². The molecule has 0 radical (unpaired) electrons. The maximum absolute atomic E-state index is 12.1. The minimum absolute atomic E-state index is 0.0667. The van der Waals surface area contributed by atoms with Crippen molar-refractivity contribution in [2.75, 3.05) is 36.9 Å². The van der Waals surface area contributed by atoms with Gasteiger partial charge in [0.05, 0.1) is 25.8 Å². The van der Waals surface area contributed by atoms with Crippen LogP contribution in [-0.2, 0) is 20.9 Å². The number of anilines is 3. The monoisotopic (exact) mass is 473 g/mol. The molecule has 4 heterocycles. The zero-order chi connectivity index (χ0) is 23.8. The summed E-state index contributed by atoms with van der Waals surface area (Å²) in [6.45, 7) is 4.31. The highest BCUT2D eigenvalue weighted by atomic mass is 16.5. The fourth-order valence-corrected chi connectivity index (χ4v) is 4.41. The van der Waals surface area contributed by atoms with Crippen LogP contribution in [0.2, 0.25) is 0 Å². The number of morpholine rings is 1. The quantitative estimate of drug-likeness (QED) is 0.354. The standard InChI is InChI=1S/C25H27N7O3/c33-23-12-17(25(34)30-23)11-18-14-26-32-22(28-19-4-5-19)13-21(29-24(18)32)27-20-3-1-2-16(10-20)15-31-6-8-35-9-7-31/h1-3,10-11,13-14,19,28H,4-9,12,15H2,(H,27,29)(H,30,33,34). The Labute approximate surface area is 202 Å². The first-order chi connectivity index (χ1) is 17.1. The Bertz CT molecular complexity index is 1320. The topological polar surface area (TPSA) is 113 Å². The Balaban J connectivity index is 1.30. The number of hydrogen-bond donors (Lipinski definition) is 3. The summed E-state index contributed by atoms with van der Waals surface area (Å²) >= 11 is 0. The van der Waals surface area contributed by atoms with Crippen molar-refractivity contribution < 1.29 is 14.3 Å². The SMILES string of the molecule is O=C1CC(=Cc2cnn3c(NC4CC4)cc(Nc4cccc(CN5CCOCC5)c4)nc23)C(=O)N1. The number of nitrogens with zero attached hydrogens (tertiary/aromatic N) is 4. The molecule has 2 aliphatic heterocycles. The molecule has 3 aromatic rings. The van der Waals surface area contributed by atoms with E-state index in [-0.39, 0.29) is 18.2 Å². The van der Waals surface area contributed by atoms with E-state index >= 15 is 0 Å². The maximum Gasteiger partial charge on any atom is 0.254 e. The number of carbonyl (C=O) groups is 2. The van der Waals surface area contributed by atoms with Crippen LogP contribution in [0.3, 0.4) is 0 Å². The summed E-state index contributed by atoms with van der Waals surface area (Å²) in [6, 6.07) is 10.7. The van der Waals surface area contributed by atoms with Crippen LogP contribution in [0.25, 0.3) is 11.7 Å². The number of aromatic nitrogens is 3. The van der Waals surface area contributed by atoms with E-state index in [1.54, 1.807) is 16.8 Å². The lowest BCUT2D eigenvalue weighted by Gasteiger charge is -2.26. The average Bonchev–Trinajstić information content (AvgIpc) is 3.48. The third-order valence-electron chi connectivity index (χ3n) is 6.36. The van der Waals surface area contributed by atoms with Gasteiger partial charge >= 0.3 is 0 Å². The Morgan fingerprint density at radius 2 is 2.03 bits per heavy atom. The lowest BCUT2D eigenvalue weighted by molar-refractivity contribution is -0.124. The van der Waals surface area contributed by atoms with E-state index in [4.69, 9.17) is 9.72 Å². The van der Waals surface area contributed by atoms with Crippen LogP contribution < -0.4 is 16.0 Å². The Hall–Kier alpha value is -3.76. The second-order valence-corrected chi connectivity index (χ2v) is 9.22. The summed E-state index contributed by atoms with van der Waals surface area (Å²) in [5, 5.41) is 13.8. The first-order valence-corrected chi connectivity index (χ1v) is 12.0. The van der Waals surface area contributed by atoms with Gasteiger partial charge in [0, 0.05) is 48.6 Å². The third-order valence-corrected chi connectivity index (χ3v) is 6.36. The van der Waals surface area contributed by atoms with Crippen molar-refractivity contribution in [2.24, 2.45) is 0 Å². The van der Waals surface area contributed by atoms with E-state index in [1.165, 1.54) is 5.56 Å². The van der Waals surface area contributed by atoms with Crippen molar-refractivity contribution in [1.29, 1.82) is 0 Å². The zero-order valence-corrected chi connectivity index (χ0v) is 19.3. The second-order valence-electron chi connectivity index (χ2n) is 9.22. The van der Waals surface area contributed by atoms with Gasteiger partial charge in [-0.15, -0.1) is 0 Å². The number of ether oxygens (including phenoxy) is 1. The summed E-state index contributed by atoms with van der Waals surface area (Å²) in [4.78, 5) is 30.9. The highest BCUT2D eigenvalue weighted by molar-refractivity contribution is 6.15. The summed E-state index contributed by atoms with van der Waals surface area (Å²) in [6.07, 6.45) is 5.68. The van der Waals surface area contributed by atoms with Gasteiger partial charge < -0.3 is 15.4 Å². The molecule has 35 heavy (non-hydrogen) atoms. The molecule has 180 valence electrons. The van der Waals surface area contributed by atoms with Crippen LogP contribution in [-0.4, -0.2) is 63.7 Å². The van der Waals surface area contributed by atoms with Gasteiger partial charge in [-0.25, -0.2) is 4.98 Å². The number of imide groups is 1. The average molecular weight is 474 g/mol. The normalized spacial score (nSPS) is 19.9. The number of rotatable bonds is 7. The Morgan fingerprint density at radius 1 is 1.17 bits per heavy atom. The minimum Gasteiger partial charge on any atom is -0.379 e. The lowest BCUT2D eigenvalue weighted by atomic mass is 10.1. The molecule has 0 unspecified atom stereocenters. The van der Waals surface area contributed by atoms with Crippen LogP contribution in [0.15, 0.2) is 42.1 Å². The number of fused-ring (bicyclic) bond motifs is 1. The van der Waals surface area contributed by atoms with E-state index in [0.717, 1.165) is 57.2 Å². The lowest BCUT2D eigenvalue weighted by Crippen LogP contribution is -2.35. The molecule has 0 bridgehead atoms. The van der Waals surface area contributed by atoms with Crippen LogP contribution in [0.1, 0.15) is 30.4 Å². The molecule has 2 amide bonds. The molecule has 1 aliphatic carbocycles. The van der Waals surface area contributed by atoms with Gasteiger partial charge in [-0.2, -0.15) is 9.61 Å². The summed E-state index contributed by atoms with van der Waals surface area (Å²) < 4.78 is 7.21. The first kappa shape index (κ1) is 21.8. The van der Waals surface area contributed by atoms with E-state index in [1.807, 2.05) is 18.2 Å². The van der Waals surface area contributed by atoms with E-state index in [2.05, 4.69) is 38.1 Å². The van der Waals surface area contributed by atoms with Gasteiger partial charge in [-0.3, -0.25) is 19.8 Å². The Kier molecular flexibility index (Phi) is 5.67.